The highest BCUT2D eigenvalue weighted by Crippen LogP contribution is 2.23. The quantitative estimate of drug-likeness (QED) is 0.268. The molecule has 3 N–H and O–H groups in total. The van der Waals surface area contributed by atoms with E-state index < -0.39 is 5.60 Å². The van der Waals surface area contributed by atoms with Crippen molar-refractivity contribution in [1.82, 2.24) is 10.6 Å². The Labute approximate surface area is 188 Å². The van der Waals surface area contributed by atoms with Crippen molar-refractivity contribution in [2.45, 2.75) is 32.5 Å². The van der Waals surface area contributed by atoms with Gasteiger partial charge in [0.05, 0.1) is 20.2 Å². The number of nitrogens with one attached hydrogen (secondary N) is 2. The summed E-state index contributed by atoms with van der Waals surface area (Å²) in [5.74, 6) is 2.23. The maximum Gasteiger partial charge on any atom is 0.191 e. The van der Waals surface area contributed by atoms with Crippen LogP contribution in [0.2, 0.25) is 0 Å². The van der Waals surface area contributed by atoms with E-state index in [2.05, 4.69) is 15.6 Å². The molecule has 1 heterocycles. The first kappa shape index (κ1) is 24.5. The van der Waals surface area contributed by atoms with Gasteiger partial charge >= 0.3 is 0 Å². The summed E-state index contributed by atoms with van der Waals surface area (Å²) in [5, 5.41) is 21.0. The van der Waals surface area contributed by atoms with Crippen LogP contribution in [0, 0.1) is 0 Å². The first-order valence-electron chi connectivity index (χ1n) is 9.02. The smallest absolute Gasteiger partial charge is 0.191 e. The Kier molecular flexibility index (Phi) is 10.6. The van der Waals surface area contributed by atoms with Crippen molar-refractivity contribution < 1.29 is 14.6 Å². The van der Waals surface area contributed by atoms with E-state index in [0.29, 0.717) is 12.5 Å². The number of hydrogen-bond acceptors (Lipinski definition) is 5. The van der Waals surface area contributed by atoms with Crippen molar-refractivity contribution in [3.05, 3.63) is 46.7 Å². The second kappa shape index (κ2) is 12.1. The molecule has 1 aromatic heterocycles. The summed E-state index contributed by atoms with van der Waals surface area (Å²) in [4.78, 5) is 4.52. The Bertz CT molecular complexity index is 706. The van der Waals surface area contributed by atoms with E-state index in [0.717, 1.165) is 23.6 Å². The number of methoxy groups -OCH3 is 1. The van der Waals surface area contributed by atoms with Crippen LogP contribution in [0.1, 0.15) is 26.3 Å². The van der Waals surface area contributed by atoms with Crippen LogP contribution < -0.4 is 20.1 Å². The molecule has 0 radical (unpaired) electrons. The zero-order valence-corrected chi connectivity index (χ0v) is 19.9. The Hall–Kier alpha value is -1.52. The zero-order valence-electron chi connectivity index (χ0n) is 16.8. The van der Waals surface area contributed by atoms with Gasteiger partial charge in [0.1, 0.15) is 23.2 Å². The van der Waals surface area contributed by atoms with Gasteiger partial charge in [-0.1, -0.05) is 0 Å². The third-order valence-corrected chi connectivity index (χ3v) is 4.67. The Morgan fingerprint density at radius 1 is 1.21 bits per heavy atom. The Balaban J connectivity index is 0.00000392. The fourth-order valence-electron chi connectivity index (χ4n) is 2.41. The van der Waals surface area contributed by atoms with Gasteiger partial charge in [-0.05, 0) is 67.4 Å². The average Bonchev–Trinajstić information content (AvgIpc) is 3.20. The lowest BCUT2D eigenvalue weighted by Gasteiger charge is -2.22. The van der Waals surface area contributed by atoms with Crippen LogP contribution in [0.5, 0.6) is 11.5 Å². The molecule has 0 saturated carbocycles. The van der Waals surface area contributed by atoms with Gasteiger partial charge in [0.25, 0.3) is 0 Å². The first-order valence-corrected chi connectivity index (χ1v) is 9.97. The molecule has 8 heteroatoms. The van der Waals surface area contributed by atoms with E-state index in [4.69, 9.17) is 9.47 Å². The molecule has 6 nitrogen and oxygen atoms in total. The summed E-state index contributed by atoms with van der Waals surface area (Å²) in [5.41, 5.74) is -0.114. The van der Waals surface area contributed by atoms with Crippen molar-refractivity contribution in [3.8, 4) is 11.5 Å². The van der Waals surface area contributed by atoms with Gasteiger partial charge in [-0.25, -0.2) is 4.99 Å². The largest absolute Gasteiger partial charge is 0.497 e. The predicted molar refractivity (Wildman–Crippen MR) is 126 cm³/mol. The van der Waals surface area contributed by atoms with Crippen molar-refractivity contribution in [2.75, 3.05) is 26.7 Å². The maximum atomic E-state index is 10.6. The van der Waals surface area contributed by atoms with Crippen molar-refractivity contribution >= 4 is 41.3 Å². The Morgan fingerprint density at radius 2 is 1.89 bits per heavy atom. The van der Waals surface area contributed by atoms with Gasteiger partial charge < -0.3 is 25.2 Å². The first-order chi connectivity index (χ1) is 12.9. The highest BCUT2D eigenvalue weighted by Gasteiger charge is 2.23. The summed E-state index contributed by atoms with van der Waals surface area (Å²) in [6, 6.07) is 9.42. The standard InChI is InChI=1S/C20H29N3O3S.HI/c1-5-21-19(23-14-20(3,24)16-10-11-27-13-16)22-12-15(2)26-18-8-6-17(25-4)7-9-18;/h6-11,13,15,24H,5,12,14H2,1-4H3,(H2,21,22,23);1H. The van der Waals surface area contributed by atoms with E-state index in [-0.39, 0.29) is 36.6 Å². The monoisotopic (exact) mass is 519 g/mol. The fraction of sp³-hybridized carbons (Fsp3) is 0.450. The maximum absolute atomic E-state index is 10.6. The molecular weight excluding hydrogens is 489 g/mol. The van der Waals surface area contributed by atoms with Gasteiger partial charge in [-0.3, -0.25) is 0 Å². The molecular formula is C20H30IN3O3S. The number of rotatable bonds is 9. The number of hydrogen-bond donors (Lipinski definition) is 3. The SMILES string of the molecule is CCNC(=NCC(C)(O)c1ccsc1)NCC(C)Oc1ccc(OC)cc1.I. The molecule has 2 rings (SSSR count). The molecule has 0 fully saturated rings. The van der Waals surface area contributed by atoms with Gasteiger partial charge in [-0.2, -0.15) is 11.3 Å². The molecule has 0 saturated heterocycles. The van der Waals surface area contributed by atoms with Gasteiger partial charge in [0.15, 0.2) is 5.96 Å². The molecule has 0 aliphatic carbocycles. The van der Waals surface area contributed by atoms with Crippen LogP contribution in [0.4, 0.5) is 0 Å². The normalized spacial score (nSPS) is 14.4. The lowest BCUT2D eigenvalue weighted by molar-refractivity contribution is 0.0677. The van der Waals surface area contributed by atoms with E-state index in [1.807, 2.05) is 54.9 Å². The van der Waals surface area contributed by atoms with Crippen LogP contribution in [0.25, 0.3) is 0 Å². The van der Waals surface area contributed by atoms with Crippen molar-refractivity contribution in [1.29, 1.82) is 0 Å². The van der Waals surface area contributed by atoms with Gasteiger partial charge in [-0.15, -0.1) is 24.0 Å². The van der Waals surface area contributed by atoms with Gasteiger partial charge in [0, 0.05) is 6.54 Å². The minimum absolute atomic E-state index is 0. The van der Waals surface area contributed by atoms with Crippen LogP contribution in [-0.4, -0.2) is 43.9 Å². The molecule has 0 spiro atoms. The highest BCUT2D eigenvalue weighted by atomic mass is 127. The summed E-state index contributed by atoms with van der Waals surface area (Å²) in [6.45, 7) is 7.36. The number of benzene rings is 1. The van der Waals surface area contributed by atoms with E-state index >= 15 is 0 Å². The second-order valence-electron chi connectivity index (χ2n) is 6.47. The molecule has 0 aliphatic heterocycles. The molecule has 2 aromatic rings. The molecule has 0 bridgehead atoms. The molecule has 156 valence electrons. The minimum atomic E-state index is -0.992. The van der Waals surface area contributed by atoms with Crippen molar-refractivity contribution in [2.24, 2.45) is 4.99 Å². The van der Waals surface area contributed by atoms with Crippen LogP contribution in [0.15, 0.2) is 46.1 Å². The molecule has 2 atom stereocenters. The summed E-state index contributed by atoms with van der Waals surface area (Å²) in [6.07, 6.45) is -0.0559. The predicted octanol–water partition coefficient (Wildman–Crippen LogP) is 3.60. The number of guanidine groups is 1. The summed E-state index contributed by atoms with van der Waals surface area (Å²) in [7, 11) is 1.64. The number of nitrogens with zero attached hydrogens (tertiary/aromatic N) is 1. The van der Waals surface area contributed by atoms with Crippen LogP contribution in [0.3, 0.4) is 0 Å². The van der Waals surface area contributed by atoms with Crippen LogP contribution in [-0.2, 0) is 5.60 Å². The van der Waals surface area contributed by atoms with Gasteiger partial charge in [0.2, 0.25) is 0 Å². The number of aliphatic hydroxyl groups is 1. The molecule has 28 heavy (non-hydrogen) atoms. The second-order valence-corrected chi connectivity index (χ2v) is 7.25. The van der Waals surface area contributed by atoms with Crippen LogP contribution >= 0.6 is 35.3 Å². The highest BCUT2D eigenvalue weighted by molar-refractivity contribution is 14.0. The molecule has 2 unspecified atom stereocenters. The van der Waals surface area contributed by atoms with Crippen molar-refractivity contribution in [3.63, 3.8) is 0 Å². The topological polar surface area (TPSA) is 75.1 Å². The number of ether oxygens (including phenoxy) is 2. The number of aliphatic imine (C=N–C) groups is 1. The Morgan fingerprint density at radius 3 is 2.46 bits per heavy atom. The summed E-state index contributed by atoms with van der Waals surface area (Å²) >= 11 is 1.56. The lowest BCUT2D eigenvalue weighted by atomic mass is 10.00. The molecule has 0 amide bonds. The minimum Gasteiger partial charge on any atom is -0.497 e. The third-order valence-electron chi connectivity index (χ3n) is 3.99. The number of thiophene rings is 1. The zero-order chi connectivity index (χ0) is 19.7. The number of halogens is 1. The van der Waals surface area contributed by atoms with E-state index in [9.17, 15) is 5.11 Å². The average molecular weight is 519 g/mol. The molecule has 1 aromatic carbocycles. The molecule has 0 aliphatic rings. The van der Waals surface area contributed by atoms with E-state index in [1.54, 1.807) is 25.4 Å². The summed E-state index contributed by atoms with van der Waals surface area (Å²) < 4.78 is 11.0. The third kappa shape index (κ3) is 7.84. The fourth-order valence-corrected chi connectivity index (χ4v) is 3.19. The van der Waals surface area contributed by atoms with E-state index in [1.165, 1.54) is 0 Å². The lowest BCUT2D eigenvalue weighted by Crippen LogP contribution is -2.42.